The minimum Gasteiger partial charge on any atom is -0.442 e. The molecule has 2 aromatic carbocycles. The van der Waals surface area contributed by atoms with Gasteiger partial charge in [-0.2, -0.15) is 0 Å². The average Bonchev–Trinajstić information content (AvgIpc) is 2.92. The molecule has 0 bridgehead atoms. The van der Waals surface area contributed by atoms with Gasteiger partial charge in [0, 0.05) is 23.4 Å². The molecule has 0 radical (unpaired) electrons. The van der Waals surface area contributed by atoms with E-state index in [0.717, 1.165) is 6.20 Å². The maximum absolute atomic E-state index is 11.8. The number of benzene rings is 2. The maximum Gasteiger partial charge on any atom is 0.339 e. The van der Waals surface area contributed by atoms with Crippen molar-refractivity contribution < 1.29 is 19.4 Å². The minimum absolute atomic E-state index is 0.0947. The normalized spacial score (nSPS) is 16.1. The lowest BCUT2D eigenvalue weighted by molar-refractivity contribution is -0.436. The van der Waals surface area contributed by atoms with Gasteiger partial charge in [-0.25, -0.2) is 4.79 Å². The van der Waals surface area contributed by atoms with E-state index in [-0.39, 0.29) is 16.9 Å². The van der Waals surface area contributed by atoms with Crippen LogP contribution in [0.3, 0.4) is 0 Å². The zero-order valence-corrected chi connectivity index (χ0v) is 12.6. The molecule has 1 unspecified atom stereocenters. The standard InChI is InChI=1S/C16H11N3O6/c20-16-13-4-2-1-3-12(13)15(25-16)14(19(23)24)9-17-10-5-7-11(8-6-10)18(21)22/h1-9,15,17H. The zero-order chi connectivity index (χ0) is 18.0. The molecule has 0 amide bonds. The molecule has 126 valence electrons. The molecule has 1 heterocycles. The molecule has 25 heavy (non-hydrogen) atoms. The van der Waals surface area contributed by atoms with Crippen LogP contribution in [0, 0.1) is 20.2 Å². The SMILES string of the molecule is O=C1OC(C(=CNc2ccc([N+](=O)[O-])cc2)[N+](=O)[O-])c2ccccc21. The fourth-order valence-electron chi connectivity index (χ4n) is 2.43. The zero-order valence-electron chi connectivity index (χ0n) is 12.6. The number of nitrogens with one attached hydrogen (secondary N) is 1. The van der Waals surface area contributed by atoms with Crippen molar-refractivity contribution in [3.8, 4) is 0 Å². The third-order valence-corrected chi connectivity index (χ3v) is 3.63. The van der Waals surface area contributed by atoms with Crippen LogP contribution in [0.15, 0.2) is 60.4 Å². The first-order valence-electron chi connectivity index (χ1n) is 7.12. The summed E-state index contributed by atoms with van der Waals surface area (Å²) in [6.07, 6.45) is -0.00875. The monoisotopic (exact) mass is 341 g/mol. The summed E-state index contributed by atoms with van der Waals surface area (Å²) in [6, 6.07) is 11.8. The molecule has 9 nitrogen and oxygen atoms in total. The first-order chi connectivity index (χ1) is 12.0. The molecule has 9 heteroatoms. The number of carbonyl (C=O) groups is 1. The molecular weight excluding hydrogens is 330 g/mol. The minimum atomic E-state index is -1.12. The van der Waals surface area contributed by atoms with E-state index in [1.165, 1.54) is 24.3 Å². The summed E-state index contributed by atoms with van der Waals surface area (Å²) in [5.41, 5.74) is 0.679. The van der Waals surface area contributed by atoms with Crippen LogP contribution in [0.25, 0.3) is 0 Å². The Labute approximate surface area is 140 Å². The lowest BCUT2D eigenvalue weighted by Crippen LogP contribution is -2.12. The number of nitro benzene ring substituents is 1. The second kappa shape index (κ2) is 6.40. The van der Waals surface area contributed by atoms with E-state index in [9.17, 15) is 25.0 Å². The molecule has 1 aliphatic heterocycles. The molecule has 1 N–H and O–H groups in total. The lowest BCUT2D eigenvalue weighted by atomic mass is 10.0. The van der Waals surface area contributed by atoms with Crippen molar-refractivity contribution in [1.29, 1.82) is 0 Å². The molecule has 1 aliphatic rings. The van der Waals surface area contributed by atoms with Gasteiger partial charge in [0.15, 0.2) is 0 Å². The van der Waals surface area contributed by atoms with Crippen molar-refractivity contribution in [3.05, 3.63) is 91.8 Å². The molecule has 0 aliphatic carbocycles. The maximum atomic E-state index is 11.8. The number of hydrogen-bond donors (Lipinski definition) is 1. The van der Waals surface area contributed by atoms with E-state index in [4.69, 9.17) is 4.74 Å². The number of esters is 1. The van der Waals surface area contributed by atoms with Gasteiger partial charge < -0.3 is 10.1 Å². The quantitative estimate of drug-likeness (QED) is 0.503. The number of non-ortho nitro benzene ring substituents is 1. The topological polar surface area (TPSA) is 125 Å². The molecule has 0 aromatic heterocycles. The Bertz CT molecular complexity index is 891. The van der Waals surface area contributed by atoms with Gasteiger partial charge in [0.25, 0.3) is 5.69 Å². The van der Waals surface area contributed by atoms with Crippen molar-refractivity contribution in [3.63, 3.8) is 0 Å². The third kappa shape index (κ3) is 3.15. The van der Waals surface area contributed by atoms with Crippen LogP contribution in [0.4, 0.5) is 11.4 Å². The largest absolute Gasteiger partial charge is 0.442 e. The van der Waals surface area contributed by atoms with Crippen LogP contribution in [0.1, 0.15) is 22.0 Å². The number of ether oxygens (including phenoxy) is 1. The van der Waals surface area contributed by atoms with Crippen molar-refractivity contribution in [1.82, 2.24) is 0 Å². The Kier molecular flexibility index (Phi) is 4.12. The van der Waals surface area contributed by atoms with Gasteiger partial charge in [0.1, 0.15) is 0 Å². The molecular formula is C16H11N3O6. The highest BCUT2D eigenvalue weighted by atomic mass is 16.6. The van der Waals surface area contributed by atoms with Crippen molar-refractivity contribution in [2.24, 2.45) is 0 Å². The van der Waals surface area contributed by atoms with Gasteiger partial charge in [-0.1, -0.05) is 18.2 Å². The van der Waals surface area contributed by atoms with E-state index in [1.807, 2.05) is 0 Å². The Morgan fingerprint density at radius 2 is 1.76 bits per heavy atom. The number of fused-ring (bicyclic) bond motifs is 1. The van der Waals surface area contributed by atoms with Gasteiger partial charge in [-0.15, -0.1) is 0 Å². The summed E-state index contributed by atoms with van der Waals surface area (Å²) in [7, 11) is 0. The summed E-state index contributed by atoms with van der Waals surface area (Å²) >= 11 is 0. The van der Waals surface area contributed by atoms with Gasteiger partial charge in [-0.05, 0) is 18.2 Å². The summed E-state index contributed by atoms with van der Waals surface area (Å²) in [5.74, 6) is -0.622. The number of hydrogen-bond acceptors (Lipinski definition) is 7. The Hall–Kier alpha value is -3.75. The number of nitrogens with zero attached hydrogens (tertiary/aromatic N) is 2. The summed E-state index contributed by atoms with van der Waals surface area (Å²) in [6.45, 7) is 0. The molecule has 0 fully saturated rings. The van der Waals surface area contributed by atoms with E-state index >= 15 is 0 Å². The number of nitro groups is 2. The first-order valence-corrected chi connectivity index (χ1v) is 7.12. The fourth-order valence-corrected chi connectivity index (χ4v) is 2.43. The van der Waals surface area contributed by atoms with Crippen molar-refractivity contribution >= 4 is 17.3 Å². The number of carbonyl (C=O) groups excluding carboxylic acids is 1. The highest BCUT2D eigenvalue weighted by Gasteiger charge is 2.39. The van der Waals surface area contributed by atoms with Crippen LogP contribution < -0.4 is 5.32 Å². The molecule has 0 saturated heterocycles. The smallest absolute Gasteiger partial charge is 0.339 e. The van der Waals surface area contributed by atoms with E-state index in [0.29, 0.717) is 11.3 Å². The van der Waals surface area contributed by atoms with Crippen LogP contribution in [0.5, 0.6) is 0 Å². The molecule has 2 aromatic rings. The van der Waals surface area contributed by atoms with E-state index < -0.39 is 21.9 Å². The van der Waals surface area contributed by atoms with Gasteiger partial charge in [-0.3, -0.25) is 20.2 Å². The molecule has 0 saturated carbocycles. The van der Waals surface area contributed by atoms with E-state index in [1.54, 1.807) is 24.3 Å². The van der Waals surface area contributed by atoms with Crippen LogP contribution in [-0.2, 0) is 4.74 Å². The lowest BCUT2D eigenvalue weighted by Gasteiger charge is -2.08. The van der Waals surface area contributed by atoms with Gasteiger partial charge >= 0.3 is 11.7 Å². The van der Waals surface area contributed by atoms with Gasteiger partial charge in [0.2, 0.25) is 6.10 Å². The van der Waals surface area contributed by atoms with Crippen LogP contribution in [-0.4, -0.2) is 15.8 Å². The van der Waals surface area contributed by atoms with E-state index in [2.05, 4.69) is 5.32 Å². The van der Waals surface area contributed by atoms with Gasteiger partial charge in [0.05, 0.1) is 21.6 Å². The summed E-state index contributed by atoms with van der Waals surface area (Å²) in [4.78, 5) is 32.6. The predicted molar refractivity (Wildman–Crippen MR) is 86.4 cm³/mol. The number of anilines is 1. The van der Waals surface area contributed by atoms with Crippen molar-refractivity contribution in [2.45, 2.75) is 6.10 Å². The summed E-state index contributed by atoms with van der Waals surface area (Å²) < 4.78 is 5.12. The number of cyclic esters (lactones) is 1. The second-order valence-electron chi connectivity index (χ2n) is 5.15. The Balaban J connectivity index is 1.87. The summed E-state index contributed by atoms with van der Waals surface area (Å²) in [5, 5.41) is 24.7. The molecule has 3 rings (SSSR count). The van der Waals surface area contributed by atoms with Crippen LogP contribution >= 0.6 is 0 Å². The molecule has 0 spiro atoms. The number of rotatable bonds is 5. The highest BCUT2D eigenvalue weighted by Crippen LogP contribution is 2.35. The second-order valence-corrected chi connectivity index (χ2v) is 5.15. The first kappa shape index (κ1) is 16.1. The Morgan fingerprint density at radius 1 is 1.08 bits per heavy atom. The average molecular weight is 341 g/mol. The highest BCUT2D eigenvalue weighted by molar-refractivity contribution is 5.94. The Morgan fingerprint density at radius 3 is 2.40 bits per heavy atom. The predicted octanol–water partition coefficient (Wildman–Crippen LogP) is 3.04. The van der Waals surface area contributed by atoms with Crippen LogP contribution in [0.2, 0.25) is 0 Å². The third-order valence-electron chi connectivity index (χ3n) is 3.63. The van der Waals surface area contributed by atoms with Crippen molar-refractivity contribution in [2.75, 3.05) is 5.32 Å². The fraction of sp³-hybridized carbons (Fsp3) is 0.0625. The molecule has 1 atom stereocenters.